The summed E-state index contributed by atoms with van der Waals surface area (Å²) in [7, 11) is 0. The molecule has 0 aliphatic heterocycles. The summed E-state index contributed by atoms with van der Waals surface area (Å²) in [6, 6.07) is 9.31. The van der Waals surface area contributed by atoms with Gasteiger partial charge in [-0.2, -0.15) is 0 Å². The fraction of sp³-hybridized carbons (Fsp3) is 0.500. The Bertz CT molecular complexity index is 509. The lowest BCUT2D eigenvalue weighted by Gasteiger charge is -2.20. The van der Waals surface area contributed by atoms with Crippen molar-refractivity contribution in [2.45, 2.75) is 45.2 Å². The first kappa shape index (κ1) is 11.8. The first-order valence-electron chi connectivity index (χ1n) is 7.13. The van der Waals surface area contributed by atoms with E-state index in [1.54, 1.807) is 0 Å². The van der Waals surface area contributed by atoms with E-state index in [2.05, 4.69) is 41.5 Å². The highest BCUT2D eigenvalue weighted by Gasteiger charge is 2.20. The van der Waals surface area contributed by atoms with Gasteiger partial charge in [0, 0.05) is 29.7 Å². The van der Waals surface area contributed by atoms with E-state index < -0.39 is 0 Å². The Morgan fingerprint density at radius 1 is 1.28 bits per heavy atom. The minimum atomic E-state index is 0.640. The number of aromatic amines is 1. The maximum atomic E-state index is 3.71. The molecule has 0 bridgehead atoms. The highest BCUT2D eigenvalue weighted by Crippen LogP contribution is 2.27. The lowest BCUT2D eigenvalue weighted by Crippen LogP contribution is -2.31. The summed E-state index contributed by atoms with van der Waals surface area (Å²) in [5.74, 6) is 0.885. The van der Waals surface area contributed by atoms with Gasteiger partial charge >= 0.3 is 0 Å². The molecule has 1 fully saturated rings. The van der Waals surface area contributed by atoms with Gasteiger partial charge in [-0.15, -0.1) is 0 Å². The third-order valence-corrected chi connectivity index (χ3v) is 4.41. The zero-order valence-corrected chi connectivity index (χ0v) is 11.1. The molecular weight excluding hydrogens is 220 g/mol. The lowest BCUT2D eigenvalue weighted by atomic mass is 9.99. The van der Waals surface area contributed by atoms with E-state index in [1.807, 2.05) is 6.20 Å². The number of benzene rings is 1. The molecule has 0 amide bonds. The number of aromatic nitrogens is 1. The largest absolute Gasteiger partial charge is 0.361 e. The van der Waals surface area contributed by atoms with Crippen LogP contribution in [0, 0.1) is 5.92 Å². The van der Waals surface area contributed by atoms with E-state index in [0.29, 0.717) is 6.04 Å². The fourth-order valence-corrected chi connectivity index (χ4v) is 3.20. The second-order valence-electron chi connectivity index (χ2n) is 5.57. The van der Waals surface area contributed by atoms with Crippen molar-refractivity contribution >= 4 is 10.9 Å². The van der Waals surface area contributed by atoms with Crippen molar-refractivity contribution in [3.05, 3.63) is 36.0 Å². The van der Waals surface area contributed by atoms with Crippen LogP contribution in [0.15, 0.2) is 30.5 Å². The molecule has 1 saturated carbocycles. The maximum Gasteiger partial charge on any atom is 0.0457 e. The number of nitrogens with one attached hydrogen (secondary N) is 2. The second kappa shape index (κ2) is 5.15. The standard InChI is InChI=1S/C16H22N2/c1-12(13-5-2-3-6-13)18-11-14-7-4-8-16-15(14)9-10-17-16/h4,7-10,12-13,17-18H,2-3,5-6,11H2,1H3/t12-/m1/s1. The Morgan fingerprint density at radius 2 is 2.11 bits per heavy atom. The Kier molecular flexibility index (Phi) is 3.37. The van der Waals surface area contributed by atoms with Crippen LogP contribution in [0.1, 0.15) is 38.2 Å². The summed E-state index contributed by atoms with van der Waals surface area (Å²) in [6.07, 6.45) is 7.67. The van der Waals surface area contributed by atoms with Gasteiger partial charge in [0.2, 0.25) is 0 Å². The fourth-order valence-electron chi connectivity index (χ4n) is 3.20. The van der Waals surface area contributed by atoms with Gasteiger partial charge in [0.25, 0.3) is 0 Å². The molecule has 0 saturated heterocycles. The molecule has 1 aromatic carbocycles. The molecule has 2 nitrogen and oxygen atoms in total. The zero-order valence-electron chi connectivity index (χ0n) is 11.1. The third-order valence-electron chi connectivity index (χ3n) is 4.41. The summed E-state index contributed by atoms with van der Waals surface area (Å²) in [4.78, 5) is 3.27. The van der Waals surface area contributed by atoms with Crippen LogP contribution in [0.5, 0.6) is 0 Å². The topological polar surface area (TPSA) is 27.8 Å². The van der Waals surface area contributed by atoms with E-state index in [-0.39, 0.29) is 0 Å². The van der Waals surface area contributed by atoms with Crippen molar-refractivity contribution in [1.82, 2.24) is 10.3 Å². The van der Waals surface area contributed by atoms with Crippen LogP contribution in [0.25, 0.3) is 10.9 Å². The predicted octanol–water partition coefficient (Wildman–Crippen LogP) is 3.84. The molecule has 0 radical (unpaired) electrons. The number of H-pyrrole nitrogens is 1. The van der Waals surface area contributed by atoms with Gasteiger partial charge in [0.15, 0.2) is 0 Å². The van der Waals surface area contributed by atoms with E-state index in [9.17, 15) is 0 Å². The molecule has 1 aliphatic rings. The predicted molar refractivity (Wildman–Crippen MR) is 76.6 cm³/mol. The number of hydrogen-bond acceptors (Lipinski definition) is 1. The molecule has 1 aromatic heterocycles. The van der Waals surface area contributed by atoms with Crippen molar-refractivity contribution in [2.75, 3.05) is 0 Å². The second-order valence-corrected chi connectivity index (χ2v) is 5.57. The molecule has 1 aliphatic carbocycles. The SMILES string of the molecule is C[C@@H](NCc1cccc2[nH]ccc12)C1CCCC1. The van der Waals surface area contributed by atoms with Crippen molar-refractivity contribution in [3.63, 3.8) is 0 Å². The van der Waals surface area contributed by atoms with Gasteiger partial charge in [0.1, 0.15) is 0 Å². The molecule has 0 unspecified atom stereocenters. The molecule has 18 heavy (non-hydrogen) atoms. The molecule has 1 atom stereocenters. The average molecular weight is 242 g/mol. The molecule has 96 valence electrons. The third kappa shape index (κ3) is 2.30. The number of rotatable bonds is 4. The van der Waals surface area contributed by atoms with E-state index >= 15 is 0 Å². The van der Waals surface area contributed by atoms with Gasteiger partial charge < -0.3 is 10.3 Å². The van der Waals surface area contributed by atoms with Crippen LogP contribution in [-0.2, 0) is 6.54 Å². The Morgan fingerprint density at radius 3 is 2.94 bits per heavy atom. The van der Waals surface area contributed by atoms with E-state index in [0.717, 1.165) is 12.5 Å². The maximum absolute atomic E-state index is 3.71. The van der Waals surface area contributed by atoms with Crippen molar-refractivity contribution in [3.8, 4) is 0 Å². The van der Waals surface area contributed by atoms with Crippen LogP contribution in [0.2, 0.25) is 0 Å². The monoisotopic (exact) mass is 242 g/mol. The minimum absolute atomic E-state index is 0.640. The normalized spacial score (nSPS) is 18.5. The molecule has 0 spiro atoms. The summed E-state index contributed by atoms with van der Waals surface area (Å²) in [5.41, 5.74) is 2.64. The quantitative estimate of drug-likeness (QED) is 0.837. The summed E-state index contributed by atoms with van der Waals surface area (Å²) < 4.78 is 0. The van der Waals surface area contributed by atoms with Crippen LogP contribution >= 0.6 is 0 Å². The molecular formula is C16H22N2. The minimum Gasteiger partial charge on any atom is -0.361 e. The molecule has 3 rings (SSSR count). The molecule has 1 heterocycles. The average Bonchev–Trinajstić information content (AvgIpc) is 3.05. The van der Waals surface area contributed by atoms with Crippen molar-refractivity contribution in [1.29, 1.82) is 0 Å². The van der Waals surface area contributed by atoms with Crippen molar-refractivity contribution in [2.24, 2.45) is 5.92 Å². The van der Waals surface area contributed by atoms with Gasteiger partial charge in [-0.05, 0) is 43.4 Å². The van der Waals surface area contributed by atoms with E-state index in [1.165, 1.54) is 42.1 Å². The van der Waals surface area contributed by atoms with Gasteiger partial charge in [-0.3, -0.25) is 0 Å². The zero-order chi connectivity index (χ0) is 12.4. The summed E-state index contributed by atoms with van der Waals surface area (Å²) in [6.45, 7) is 3.32. The van der Waals surface area contributed by atoms with E-state index in [4.69, 9.17) is 0 Å². The highest BCUT2D eigenvalue weighted by molar-refractivity contribution is 5.82. The van der Waals surface area contributed by atoms with Crippen LogP contribution in [0.4, 0.5) is 0 Å². The van der Waals surface area contributed by atoms with Gasteiger partial charge in [0.05, 0.1) is 0 Å². The highest BCUT2D eigenvalue weighted by atomic mass is 14.9. The summed E-state index contributed by atoms with van der Waals surface area (Å²) in [5, 5.41) is 5.06. The van der Waals surface area contributed by atoms with Crippen LogP contribution in [0.3, 0.4) is 0 Å². The Labute approximate surface area is 109 Å². The number of fused-ring (bicyclic) bond motifs is 1. The van der Waals surface area contributed by atoms with Gasteiger partial charge in [-0.25, -0.2) is 0 Å². The van der Waals surface area contributed by atoms with Gasteiger partial charge in [-0.1, -0.05) is 25.0 Å². The van der Waals surface area contributed by atoms with Crippen LogP contribution in [-0.4, -0.2) is 11.0 Å². The first-order chi connectivity index (χ1) is 8.84. The Hall–Kier alpha value is -1.28. The van der Waals surface area contributed by atoms with Crippen LogP contribution < -0.4 is 5.32 Å². The first-order valence-corrected chi connectivity index (χ1v) is 7.13. The Balaban J connectivity index is 1.67. The summed E-state index contributed by atoms with van der Waals surface area (Å²) >= 11 is 0. The molecule has 2 N–H and O–H groups in total. The van der Waals surface area contributed by atoms with Crippen molar-refractivity contribution < 1.29 is 0 Å². The molecule has 2 heteroatoms. The smallest absolute Gasteiger partial charge is 0.0457 e. The lowest BCUT2D eigenvalue weighted by molar-refractivity contribution is 0.381. The number of hydrogen-bond donors (Lipinski definition) is 2. The molecule has 2 aromatic rings.